The van der Waals surface area contributed by atoms with Crippen molar-refractivity contribution in [2.24, 2.45) is 0 Å². The van der Waals surface area contributed by atoms with Gasteiger partial charge in [-0.05, 0) is 48.6 Å². The number of aliphatic hydroxyl groups is 1. The maximum atomic E-state index is 14.2. The van der Waals surface area contributed by atoms with Crippen LogP contribution in [-0.2, 0) is 0 Å². The summed E-state index contributed by atoms with van der Waals surface area (Å²) < 4.78 is 42.6. The highest BCUT2D eigenvalue weighted by Crippen LogP contribution is 2.56. The average molecular weight is 453 g/mol. The third-order valence-electron chi connectivity index (χ3n) is 6.00. The second-order valence-corrected chi connectivity index (χ2v) is 8.20. The molecule has 0 amide bonds. The number of alkyl halides is 3. The number of fused-ring (bicyclic) bond motifs is 2. The first-order valence-corrected chi connectivity index (χ1v) is 10.1. The fraction of sp³-hybridized carbons (Fsp3) is 0.318. The van der Waals surface area contributed by atoms with E-state index in [0.29, 0.717) is 22.2 Å². The van der Waals surface area contributed by atoms with Crippen molar-refractivity contribution >= 4 is 28.2 Å². The van der Waals surface area contributed by atoms with Gasteiger partial charge in [0.2, 0.25) is 5.56 Å². The number of phenols is 1. The Hall–Kier alpha value is -2.71. The van der Waals surface area contributed by atoms with Gasteiger partial charge in [0.1, 0.15) is 5.75 Å². The molecule has 31 heavy (non-hydrogen) atoms. The SMILES string of the molecule is CC[C@H]1C[C@](O)(C(F)(F)F)[C@@H](Nc2cccc3[nH]c(=O)ccc23)c2ccc(Cl)c(O)c21. The minimum absolute atomic E-state index is 0.0381. The summed E-state index contributed by atoms with van der Waals surface area (Å²) in [4.78, 5) is 14.2. The largest absolute Gasteiger partial charge is 0.506 e. The third kappa shape index (κ3) is 3.43. The molecule has 164 valence electrons. The first-order valence-electron chi connectivity index (χ1n) is 9.75. The standard InChI is InChI=1S/C22H20ClF3N2O3/c1-2-11-10-21(31,22(24,25)26)20(13-6-8-14(23)19(30)18(11)13)28-16-5-3-4-15-12(16)7-9-17(29)27-15/h3-9,11,20,28,30-31H,2,10H2,1H3,(H,27,29)/t11-,20-,21+/m0/s1. The first-order chi connectivity index (χ1) is 14.6. The lowest BCUT2D eigenvalue weighted by Gasteiger charge is -2.46. The summed E-state index contributed by atoms with van der Waals surface area (Å²) in [6, 6.07) is 8.68. The summed E-state index contributed by atoms with van der Waals surface area (Å²) >= 11 is 6.04. The number of hydrogen-bond donors (Lipinski definition) is 4. The van der Waals surface area contributed by atoms with E-state index in [4.69, 9.17) is 11.6 Å². The number of aromatic hydroxyl groups is 1. The molecular formula is C22H20ClF3N2O3. The van der Waals surface area contributed by atoms with Gasteiger partial charge in [0.15, 0.2) is 5.60 Å². The van der Waals surface area contributed by atoms with Crippen molar-refractivity contribution < 1.29 is 23.4 Å². The predicted molar refractivity (Wildman–Crippen MR) is 113 cm³/mol. The average Bonchev–Trinajstić information content (AvgIpc) is 2.71. The molecule has 1 aliphatic carbocycles. The Labute approximate surface area is 180 Å². The van der Waals surface area contributed by atoms with Gasteiger partial charge in [-0.15, -0.1) is 0 Å². The van der Waals surface area contributed by atoms with E-state index in [1.54, 1.807) is 25.1 Å². The van der Waals surface area contributed by atoms with Crippen LogP contribution in [0.3, 0.4) is 0 Å². The molecule has 0 fully saturated rings. The second-order valence-electron chi connectivity index (χ2n) is 7.80. The molecule has 2 aromatic carbocycles. The lowest BCUT2D eigenvalue weighted by Crippen LogP contribution is -2.55. The van der Waals surface area contributed by atoms with Gasteiger partial charge in [0, 0.05) is 22.7 Å². The molecule has 0 saturated heterocycles. The molecule has 4 rings (SSSR count). The predicted octanol–water partition coefficient (Wildman–Crippen LogP) is 5.23. The van der Waals surface area contributed by atoms with Crippen LogP contribution in [0.2, 0.25) is 5.02 Å². The topological polar surface area (TPSA) is 85.4 Å². The van der Waals surface area contributed by atoms with Gasteiger partial charge in [-0.2, -0.15) is 13.2 Å². The number of rotatable bonds is 3. The summed E-state index contributed by atoms with van der Waals surface area (Å²) in [6.45, 7) is 1.69. The van der Waals surface area contributed by atoms with E-state index < -0.39 is 30.2 Å². The summed E-state index contributed by atoms with van der Waals surface area (Å²) in [5.41, 5.74) is -2.27. The van der Waals surface area contributed by atoms with Crippen LogP contribution < -0.4 is 10.9 Å². The van der Waals surface area contributed by atoms with E-state index in [1.165, 1.54) is 24.3 Å². The summed E-state index contributed by atoms with van der Waals surface area (Å²) in [5.74, 6) is -1.01. The van der Waals surface area contributed by atoms with Crippen LogP contribution in [0.4, 0.5) is 18.9 Å². The summed E-state index contributed by atoms with van der Waals surface area (Å²) in [6.07, 6.45) is -5.29. The molecule has 4 N–H and O–H groups in total. The van der Waals surface area contributed by atoms with Gasteiger partial charge < -0.3 is 20.5 Å². The first kappa shape index (κ1) is 21.5. The Morgan fingerprint density at radius 1 is 1.23 bits per heavy atom. The molecule has 3 atom stereocenters. The monoisotopic (exact) mass is 452 g/mol. The van der Waals surface area contributed by atoms with Crippen molar-refractivity contribution in [2.45, 2.75) is 43.5 Å². The Morgan fingerprint density at radius 2 is 1.97 bits per heavy atom. The molecule has 3 aromatic rings. The van der Waals surface area contributed by atoms with Crippen LogP contribution in [0.5, 0.6) is 5.75 Å². The molecule has 9 heteroatoms. The maximum absolute atomic E-state index is 14.2. The molecule has 1 heterocycles. The zero-order chi connectivity index (χ0) is 22.6. The van der Waals surface area contributed by atoms with E-state index in [-0.39, 0.29) is 28.3 Å². The number of halogens is 4. The molecule has 0 unspecified atom stereocenters. The zero-order valence-corrected chi connectivity index (χ0v) is 17.2. The normalized spacial score (nSPS) is 23.5. The van der Waals surface area contributed by atoms with Crippen LogP contribution in [-0.4, -0.2) is 27.0 Å². The van der Waals surface area contributed by atoms with Gasteiger partial charge >= 0.3 is 6.18 Å². The molecule has 0 radical (unpaired) electrons. The number of H-pyrrole nitrogens is 1. The second kappa shape index (κ2) is 7.46. The highest BCUT2D eigenvalue weighted by molar-refractivity contribution is 6.32. The van der Waals surface area contributed by atoms with Gasteiger partial charge in [-0.1, -0.05) is 30.7 Å². The number of phenolic OH excluding ortho intramolecular Hbond substituents is 1. The van der Waals surface area contributed by atoms with Crippen LogP contribution in [0.15, 0.2) is 47.3 Å². The minimum Gasteiger partial charge on any atom is -0.506 e. The highest BCUT2D eigenvalue weighted by Gasteiger charge is 2.62. The minimum atomic E-state index is -4.94. The van der Waals surface area contributed by atoms with Crippen molar-refractivity contribution in [1.29, 1.82) is 0 Å². The maximum Gasteiger partial charge on any atom is 0.419 e. The number of pyridine rings is 1. The molecule has 0 bridgehead atoms. The lowest BCUT2D eigenvalue weighted by atomic mass is 9.69. The quantitative estimate of drug-likeness (QED) is 0.438. The van der Waals surface area contributed by atoms with Crippen LogP contribution in [0.25, 0.3) is 10.9 Å². The van der Waals surface area contributed by atoms with Crippen LogP contribution >= 0.6 is 11.6 Å². The highest BCUT2D eigenvalue weighted by atomic mass is 35.5. The number of aromatic amines is 1. The van der Waals surface area contributed by atoms with Gasteiger partial charge in [-0.3, -0.25) is 4.79 Å². The Kier molecular flexibility index (Phi) is 5.18. The van der Waals surface area contributed by atoms with Gasteiger partial charge in [0.05, 0.1) is 16.6 Å². The van der Waals surface area contributed by atoms with Gasteiger partial charge in [0.25, 0.3) is 0 Å². The van der Waals surface area contributed by atoms with Crippen LogP contribution in [0, 0.1) is 0 Å². The number of nitrogens with one attached hydrogen (secondary N) is 2. The fourth-order valence-corrected chi connectivity index (χ4v) is 4.59. The number of aromatic nitrogens is 1. The van der Waals surface area contributed by atoms with Crippen molar-refractivity contribution in [1.82, 2.24) is 4.98 Å². The van der Waals surface area contributed by atoms with Crippen LogP contribution in [0.1, 0.15) is 42.9 Å². The number of hydrogen-bond acceptors (Lipinski definition) is 4. The molecule has 0 spiro atoms. The van der Waals surface area contributed by atoms with Crippen molar-refractivity contribution in [3.05, 3.63) is 69.0 Å². The Morgan fingerprint density at radius 3 is 2.65 bits per heavy atom. The Bertz CT molecular complexity index is 1210. The smallest absolute Gasteiger partial charge is 0.419 e. The molecule has 5 nitrogen and oxygen atoms in total. The van der Waals surface area contributed by atoms with Crippen molar-refractivity contribution in [3.8, 4) is 5.75 Å². The number of benzene rings is 2. The lowest BCUT2D eigenvalue weighted by molar-refractivity contribution is -0.272. The van der Waals surface area contributed by atoms with Crippen molar-refractivity contribution in [3.63, 3.8) is 0 Å². The molecule has 0 aliphatic heterocycles. The van der Waals surface area contributed by atoms with Crippen molar-refractivity contribution in [2.75, 3.05) is 5.32 Å². The summed E-state index contributed by atoms with van der Waals surface area (Å²) in [5, 5.41) is 24.9. The fourth-order valence-electron chi connectivity index (χ4n) is 4.42. The van der Waals surface area contributed by atoms with E-state index in [0.717, 1.165) is 0 Å². The Balaban J connectivity index is 1.94. The molecule has 1 aromatic heterocycles. The molecule has 1 aliphatic rings. The molecular weight excluding hydrogens is 433 g/mol. The third-order valence-corrected chi connectivity index (χ3v) is 6.31. The van der Waals surface area contributed by atoms with E-state index in [9.17, 15) is 28.2 Å². The van der Waals surface area contributed by atoms with Gasteiger partial charge in [-0.25, -0.2) is 0 Å². The summed E-state index contributed by atoms with van der Waals surface area (Å²) in [7, 11) is 0. The van der Waals surface area contributed by atoms with E-state index in [2.05, 4.69) is 10.3 Å². The van der Waals surface area contributed by atoms with E-state index in [1.807, 2.05) is 0 Å². The number of anilines is 1. The van der Waals surface area contributed by atoms with E-state index >= 15 is 0 Å². The molecule has 0 saturated carbocycles. The zero-order valence-electron chi connectivity index (χ0n) is 16.4.